The third-order valence-electron chi connectivity index (χ3n) is 5.24. The Labute approximate surface area is 217 Å². The van der Waals surface area contributed by atoms with Crippen LogP contribution in [0.15, 0.2) is 42.5 Å². The number of rotatable bonds is 10. The minimum absolute atomic E-state index is 0.0331. The summed E-state index contributed by atoms with van der Waals surface area (Å²) in [6.45, 7) is 6.69. The van der Waals surface area contributed by atoms with Crippen LogP contribution in [0.5, 0.6) is 5.75 Å². The molecule has 8 nitrogen and oxygen atoms in total. The molecule has 0 aliphatic rings. The predicted octanol–water partition coefficient (Wildman–Crippen LogP) is 3.98. The Morgan fingerprint density at radius 1 is 1.17 bits per heavy atom. The number of carbonyl (C=O) groups excluding carboxylic acids is 2. The molecular formula is C25H33ClFN3O5S. The topological polar surface area (TPSA) is 96.0 Å². The molecule has 198 valence electrons. The summed E-state index contributed by atoms with van der Waals surface area (Å²) in [5.74, 6) is -1.12. The van der Waals surface area contributed by atoms with E-state index >= 15 is 0 Å². The minimum Gasteiger partial charge on any atom is -0.497 e. The zero-order valence-electron chi connectivity index (χ0n) is 21.3. The van der Waals surface area contributed by atoms with Gasteiger partial charge in [0, 0.05) is 12.1 Å². The number of carbonyl (C=O) groups is 2. The van der Waals surface area contributed by atoms with E-state index in [1.165, 1.54) is 18.1 Å². The van der Waals surface area contributed by atoms with Crippen molar-refractivity contribution in [1.82, 2.24) is 10.2 Å². The lowest BCUT2D eigenvalue weighted by molar-refractivity contribution is -0.141. The highest BCUT2D eigenvalue weighted by Crippen LogP contribution is 2.25. The molecule has 2 amide bonds. The van der Waals surface area contributed by atoms with E-state index in [9.17, 15) is 22.4 Å². The van der Waals surface area contributed by atoms with Gasteiger partial charge in [-0.25, -0.2) is 12.8 Å². The molecule has 0 saturated carbocycles. The van der Waals surface area contributed by atoms with Crippen LogP contribution in [0.1, 0.15) is 39.7 Å². The van der Waals surface area contributed by atoms with Crippen LogP contribution in [0, 0.1) is 5.82 Å². The van der Waals surface area contributed by atoms with Crippen LogP contribution < -0.4 is 14.4 Å². The van der Waals surface area contributed by atoms with Crippen molar-refractivity contribution in [2.24, 2.45) is 0 Å². The maximum atomic E-state index is 13.7. The van der Waals surface area contributed by atoms with Crippen molar-refractivity contribution in [2.45, 2.75) is 52.2 Å². The number of sulfonamides is 1. The van der Waals surface area contributed by atoms with Crippen LogP contribution in [0.25, 0.3) is 0 Å². The van der Waals surface area contributed by atoms with Gasteiger partial charge in [-0.1, -0.05) is 30.7 Å². The second-order valence-corrected chi connectivity index (χ2v) is 11.7. The fourth-order valence-electron chi connectivity index (χ4n) is 3.59. The van der Waals surface area contributed by atoms with Gasteiger partial charge >= 0.3 is 0 Å². The predicted molar refractivity (Wildman–Crippen MR) is 139 cm³/mol. The Kier molecular flexibility index (Phi) is 9.73. The van der Waals surface area contributed by atoms with Crippen molar-refractivity contribution in [1.29, 1.82) is 0 Å². The largest absolute Gasteiger partial charge is 0.497 e. The Balaban J connectivity index is 2.49. The molecule has 0 unspecified atom stereocenters. The van der Waals surface area contributed by atoms with Crippen LogP contribution >= 0.6 is 11.6 Å². The first-order valence-corrected chi connectivity index (χ1v) is 13.6. The average molecular weight is 542 g/mol. The van der Waals surface area contributed by atoms with E-state index in [0.717, 1.165) is 22.7 Å². The first-order chi connectivity index (χ1) is 16.7. The summed E-state index contributed by atoms with van der Waals surface area (Å²) in [5.41, 5.74) is 0.185. The molecule has 1 atom stereocenters. The van der Waals surface area contributed by atoms with E-state index < -0.39 is 39.9 Å². The van der Waals surface area contributed by atoms with Gasteiger partial charge in [0.05, 0.1) is 24.1 Å². The number of hydrogen-bond acceptors (Lipinski definition) is 5. The average Bonchev–Trinajstić information content (AvgIpc) is 2.77. The van der Waals surface area contributed by atoms with Gasteiger partial charge in [-0.3, -0.25) is 13.9 Å². The van der Waals surface area contributed by atoms with Gasteiger partial charge in [0.1, 0.15) is 24.2 Å². The van der Waals surface area contributed by atoms with Gasteiger partial charge in [0.15, 0.2) is 0 Å². The molecule has 2 aromatic rings. The fraction of sp³-hybridized carbons (Fsp3) is 0.440. The third-order valence-corrected chi connectivity index (χ3v) is 6.67. The number of nitrogens with zero attached hydrogens (tertiary/aromatic N) is 2. The molecule has 0 radical (unpaired) electrons. The zero-order valence-corrected chi connectivity index (χ0v) is 22.9. The number of ether oxygens (including phenoxy) is 1. The lowest BCUT2D eigenvalue weighted by Crippen LogP contribution is -2.55. The molecular weight excluding hydrogens is 509 g/mol. The second-order valence-electron chi connectivity index (χ2n) is 9.40. The quantitative estimate of drug-likeness (QED) is 0.491. The molecule has 0 saturated heterocycles. The summed E-state index contributed by atoms with van der Waals surface area (Å²) in [6, 6.07) is 9.56. The fourth-order valence-corrected chi connectivity index (χ4v) is 4.61. The first kappa shape index (κ1) is 29.4. The zero-order chi connectivity index (χ0) is 27.3. The van der Waals surface area contributed by atoms with Gasteiger partial charge in [0.2, 0.25) is 21.8 Å². The number of amides is 2. The van der Waals surface area contributed by atoms with Crippen molar-refractivity contribution in [2.75, 3.05) is 24.2 Å². The van der Waals surface area contributed by atoms with Crippen molar-refractivity contribution in [3.05, 3.63) is 58.9 Å². The lowest BCUT2D eigenvalue weighted by Gasteiger charge is -2.34. The molecule has 1 N–H and O–H groups in total. The van der Waals surface area contributed by atoms with Crippen molar-refractivity contribution < 1.29 is 27.1 Å². The van der Waals surface area contributed by atoms with Gasteiger partial charge in [-0.05, 0) is 63.1 Å². The Hall–Kier alpha value is -2.85. The Morgan fingerprint density at radius 3 is 2.36 bits per heavy atom. The van der Waals surface area contributed by atoms with E-state index in [1.807, 2.05) is 20.8 Å². The monoisotopic (exact) mass is 541 g/mol. The van der Waals surface area contributed by atoms with Crippen LogP contribution in [0.2, 0.25) is 5.02 Å². The summed E-state index contributed by atoms with van der Waals surface area (Å²) >= 11 is 5.86. The number of hydrogen-bond donors (Lipinski definition) is 1. The molecule has 2 rings (SSSR count). The van der Waals surface area contributed by atoms with Crippen molar-refractivity contribution in [3.63, 3.8) is 0 Å². The minimum atomic E-state index is -3.96. The number of methoxy groups -OCH3 is 1. The molecule has 0 bridgehead atoms. The highest BCUT2D eigenvalue weighted by Gasteiger charge is 2.33. The van der Waals surface area contributed by atoms with Crippen LogP contribution in [-0.4, -0.2) is 56.6 Å². The summed E-state index contributed by atoms with van der Waals surface area (Å²) in [4.78, 5) is 28.2. The summed E-state index contributed by atoms with van der Waals surface area (Å²) in [5, 5.41) is 2.61. The van der Waals surface area contributed by atoms with Gasteiger partial charge in [-0.2, -0.15) is 0 Å². The normalized spacial score (nSPS) is 12.6. The maximum Gasteiger partial charge on any atom is 0.244 e. The van der Waals surface area contributed by atoms with E-state index in [2.05, 4.69) is 5.32 Å². The number of anilines is 1. The van der Waals surface area contributed by atoms with Gasteiger partial charge in [-0.15, -0.1) is 0 Å². The SMILES string of the molecule is CC[C@@H](C(=O)NC(C)(C)C)N(Cc1cccc(OC)c1)C(=O)CN(c1ccc(F)c(Cl)c1)S(C)(=O)=O. The first-order valence-electron chi connectivity index (χ1n) is 11.3. The molecule has 0 aromatic heterocycles. The third kappa shape index (κ3) is 8.09. The highest BCUT2D eigenvalue weighted by atomic mass is 35.5. The standard InChI is InChI=1S/C25H33ClFN3O5S/c1-7-22(24(32)28-25(2,3)4)29(15-17-9-8-10-19(13-17)35-5)23(31)16-30(36(6,33)34)18-11-12-21(27)20(26)14-18/h8-14,22H,7,15-16H2,1-6H3,(H,28,32)/t22-/m0/s1. The van der Waals surface area contributed by atoms with Crippen molar-refractivity contribution in [3.8, 4) is 5.75 Å². The van der Waals surface area contributed by atoms with E-state index in [1.54, 1.807) is 31.2 Å². The van der Waals surface area contributed by atoms with E-state index in [0.29, 0.717) is 17.7 Å². The Morgan fingerprint density at radius 2 is 1.83 bits per heavy atom. The summed E-state index contributed by atoms with van der Waals surface area (Å²) < 4.78 is 45.0. The van der Waals surface area contributed by atoms with Crippen LogP contribution in [-0.2, 0) is 26.2 Å². The molecule has 0 fully saturated rings. The highest BCUT2D eigenvalue weighted by molar-refractivity contribution is 7.92. The molecule has 36 heavy (non-hydrogen) atoms. The van der Waals surface area contributed by atoms with Gasteiger partial charge in [0.25, 0.3) is 0 Å². The second kappa shape index (κ2) is 11.9. The van der Waals surface area contributed by atoms with Crippen LogP contribution in [0.4, 0.5) is 10.1 Å². The molecule has 0 heterocycles. The Bertz CT molecular complexity index is 1200. The molecule has 11 heteroatoms. The smallest absolute Gasteiger partial charge is 0.244 e. The summed E-state index contributed by atoms with van der Waals surface area (Å²) in [7, 11) is -2.44. The summed E-state index contributed by atoms with van der Waals surface area (Å²) in [6.07, 6.45) is 1.23. The van der Waals surface area contributed by atoms with E-state index in [4.69, 9.17) is 16.3 Å². The molecule has 2 aromatic carbocycles. The van der Waals surface area contributed by atoms with E-state index in [-0.39, 0.29) is 23.2 Å². The molecule has 0 aliphatic heterocycles. The van der Waals surface area contributed by atoms with Crippen molar-refractivity contribution >= 4 is 39.1 Å². The number of nitrogens with one attached hydrogen (secondary N) is 1. The van der Waals surface area contributed by atoms with Crippen LogP contribution in [0.3, 0.4) is 0 Å². The molecule has 0 spiro atoms. The number of halogens is 2. The molecule has 0 aliphatic carbocycles. The maximum absolute atomic E-state index is 13.7. The number of benzene rings is 2. The van der Waals surface area contributed by atoms with Gasteiger partial charge < -0.3 is 15.0 Å². The lowest BCUT2D eigenvalue weighted by atomic mass is 10.1.